The third-order valence-corrected chi connectivity index (χ3v) is 3.95. The van der Waals surface area contributed by atoms with E-state index < -0.39 is 0 Å². The molecular weight excluding hydrogens is 282 g/mol. The average Bonchev–Trinajstić information content (AvgIpc) is 2.84. The number of aromatic hydroxyl groups is 1. The van der Waals surface area contributed by atoms with Crippen LogP contribution in [0.25, 0.3) is 0 Å². The molecule has 0 aromatic heterocycles. The zero-order valence-electron chi connectivity index (χ0n) is 9.95. The summed E-state index contributed by atoms with van der Waals surface area (Å²) in [6, 6.07) is 6.06. The minimum absolute atomic E-state index is 0.283. The molecule has 1 aromatic carbocycles. The molecule has 2 rings (SSSR count). The summed E-state index contributed by atoms with van der Waals surface area (Å²) in [6.07, 6.45) is 1.15. The molecule has 1 heterocycles. The quantitative estimate of drug-likeness (QED) is 0.898. The summed E-state index contributed by atoms with van der Waals surface area (Å²) in [5, 5.41) is 12.9. The summed E-state index contributed by atoms with van der Waals surface area (Å²) < 4.78 is 6.13. The molecule has 0 radical (unpaired) electrons. The third kappa shape index (κ3) is 3.44. The highest BCUT2D eigenvalue weighted by Crippen LogP contribution is 2.24. The largest absolute Gasteiger partial charge is 0.507 e. The summed E-state index contributed by atoms with van der Waals surface area (Å²) in [5.41, 5.74) is 1.17. The fourth-order valence-electron chi connectivity index (χ4n) is 2.05. The van der Waals surface area contributed by atoms with Crippen LogP contribution < -0.4 is 5.32 Å². The first kappa shape index (κ1) is 12.9. The van der Waals surface area contributed by atoms with Crippen LogP contribution in [0.2, 0.25) is 0 Å². The Morgan fingerprint density at radius 1 is 1.59 bits per heavy atom. The number of benzene rings is 1. The Balaban J connectivity index is 1.86. The fourth-order valence-corrected chi connectivity index (χ4v) is 2.48. The second-order valence-corrected chi connectivity index (χ2v) is 5.43. The maximum atomic E-state index is 9.41. The zero-order chi connectivity index (χ0) is 12.3. The van der Waals surface area contributed by atoms with Gasteiger partial charge in [-0.25, -0.2) is 0 Å². The number of hydrogen-bond donors (Lipinski definition) is 2. The van der Waals surface area contributed by atoms with Crippen molar-refractivity contribution in [2.75, 3.05) is 13.2 Å². The first-order chi connectivity index (χ1) is 8.16. The van der Waals surface area contributed by atoms with Crippen molar-refractivity contribution in [3.05, 3.63) is 28.2 Å². The Labute approximate surface area is 110 Å². The summed E-state index contributed by atoms with van der Waals surface area (Å²) in [7, 11) is 0. The summed E-state index contributed by atoms with van der Waals surface area (Å²) >= 11 is 3.32. The molecule has 0 spiro atoms. The molecule has 1 aliphatic heterocycles. The van der Waals surface area contributed by atoms with Crippen molar-refractivity contribution >= 4 is 15.9 Å². The van der Waals surface area contributed by atoms with E-state index >= 15 is 0 Å². The predicted molar refractivity (Wildman–Crippen MR) is 71.0 cm³/mol. The average molecular weight is 300 g/mol. The minimum Gasteiger partial charge on any atom is -0.507 e. The standard InChI is InChI=1S/C13H18BrNO2/c1-9(11-4-5-17-8-11)15-7-10-2-3-13(16)12(14)6-10/h2-3,6,9,11,15-16H,4-5,7-8H2,1H3. The second kappa shape index (κ2) is 5.85. The first-order valence-electron chi connectivity index (χ1n) is 5.95. The van der Waals surface area contributed by atoms with E-state index in [0.717, 1.165) is 30.7 Å². The number of rotatable bonds is 4. The molecule has 1 fully saturated rings. The molecule has 2 N–H and O–H groups in total. The molecule has 0 amide bonds. The van der Waals surface area contributed by atoms with Crippen LogP contribution in [0.3, 0.4) is 0 Å². The highest BCUT2D eigenvalue weighted by molar-refractivity contribution is 9.10. The van der Waals surface area contributed by atoms with E-state index in [2.05, 4.69) is 28.2 Å². The summed E-state index contributed by atoms with van der Waals surface area (Å²) in [4.78, 5) is 0. The van der Waals surface area contributed by atoms with Crippen LogP contribution in [0.5, 0.6) is 5.75 Å². The number of hydrogen-bond acceptors (Lipinski definition) is 3. The highest BCUT2D eigenvalue weighted by Gasteiger charge is 2.21. The van der Waals surface area contributed by atoms with Gasteiger partial charge in [-0.2, -0.15) is 0 Å². The van der Waals surface area contributed by atoms with Crippen LogP contribution in [0, 0.1) is 5.92 Å². The highest BCUT2D eigenvalue weighted by atomic mass is 79.9. The van der Waals surface area contributed by atoms with E-state index in [1.165, 1.54) is 5.56 Å². The van der Waals surface area contributed by atoms with Crippen LogP contribution in [0.4, 0.5) is 0 Å². The predicted octanol–water partition coefficient (Wildman–Crippen LogP) is 2.67. The topological polar surface area (TPSA) is 41.5 Å². The fraction of sp³-hybridized carbons (Fsp3) is 0.538. The van der Waals surface area contributed by atoms with E-state index in [1.54, 1.807) is 6.07 Å². The Hall–Kier alpha value is -0.580. The van der Waals surface area contributed by atoms with Gasteiger partial charge in [0.2, 0.25) is 0 Å². The molecule has 4 heteroatoms. The third-order valence-electron chi connectivity index (χ3n) is 3.31. The molecule has 1 saturated heterocycles. The lowest BCUT2D eigenvalue weighted by molar-refractivity contribution is 0.178. The SMILES string of the molecule is CC(NCc1ccc(O)c(Br)c1)C1CCOC1. The van der Waals surface area contributed by atoms with Crippen LogP contribution in [-0.2, 0) is 11.3 Å². The van der Waals surface area contributed by atoms with Gasteiger partial charge in [0.25, 0.3) is 0 Å². The monoisotopic (exact) mass is 299 g/mol. The van der Waals surface area contributed by atoms with E-state index in [1.807, 2.05) is 12.1 Å². The van der Waals surface area contributed by atoms with Gasteiger partial charge in [-0.3, -0.25) is 0 Å². The van der Waals surface area contributed by atoms with E-state index in [9.17, 15) is 5.11 Å². The van der Waals surface area contributed by atoms with E-state index in [0.29, 0.717) is 12.0 Å². The second-order valence-electron chi connectivity index (χ2n) is 4.58. The number of phenolic OH excluding ortho intramolecular Hbond substituents is 1. The summed E-state index contributed by atoms with van der Waals surface area (Å²) in [6.45, 7) is 4.78. The maximum absolute atomic E-state index is 9.41. The lowest BCUT2D eigenvalue weighted by Gasteiger charge is -2.19. The molecular formula is C13H18BrNO2. The van der Waals surface area contributed by atoms with Crippen LogP contribution in [0.1, 0.15) is 18.9 Å². The van der Waals surface area contributed by atoms with Gasteiger partial charge in [-0.15, -0.1) is 0 Å². The van der Waals surface area contributed by atoms with Gasteiger partial charge in [-0.1, -0.05) is 6.07 Å². The van der Waals surface area contributed by atoms with Crippen molar-refractivity contribution in [2.45, 2.75) is 25.9 Å². The Morgan fingerprint density at radius 2 is 2.41 bits per heavy atom. The molecule has 0 aliphatic carbocycles. The van der Waals surface area contributed by atoms with Gasteiger partial charge >= 0.3 is 0 Å². The number of phenols is 1. The van der Waals surface area contributed by atoms with Gasteiger partial charge in [-0.05, 0) is 52.9 Å². The Morgan fingerprint density at radius 3 is 3.06 bits per heavy atom. The summed E-state index contributed by atoms with van der Waals surface area (Å²) in [5.74, 6) is 0.904. The smallest absolute Gasteiger partial charge is 0.129 e. The minimum atomic E-state index is 0.283. The van der Waals surface area contributed by atoms with Gasteiger partial charge in [0.15, 0.2) is 0 Å². The number of halogens is 1. The van der Waals surface area contributed by atoms with E-state index in [4.69, 9.17) is 4.74 Å². The van der Waals surface area contributed by atoms with Crippen molar-refractivity contribution < 1.29 is 9.84 Å². The van der Waals surface area contributed by atoms with Gasteiger partial charge < -0.3 is 15.2 Å². The maximum Gasteiger partial charge on any atom is 0.129 e. The first-order valence-corrected chi connectivity index (χ1v) is 6.74. The van der Waals surface area contributed by atoms with Crippen LogP contribution in [-0.4, -0.2) is 24.4 Å². The van der Waals surface area contributed by atoms with Gasteiger partial charge in [0.05, 0.1) is 11.1 Å². The molecule has 2 atom stereocenters. The molecule has 17 heavy (non-hydrogen) atoms. The normalized spacial score (nSPS) is 21.6. The molecule has 2 unspecified atom stereocenters. The molecule has 94 valence electrons. The lowest BCUT2D eigenvalue weighted by Crippen LogP contribution is -2.33. The van der Waals surface area contributed by atoms with Crippen LogP contribution >= 0.6 is 15.9 Å². The zero-order valence-corrected chi connectivity index (χ0v) is 11.5. The van der Waals surface area contributed by atoms with Gasteiger partial charge in [0.1, 0.15) is 5.75 Å². The number of nitrogens with one attached hydrogen (secondary N) is 1. The molecule has 1 aromatic rings. The van der Waals surface area contributed by atoms with Crippen molar-refractivity contribution in [2.24, 2.45) is 5.92 Å². The molecule has 0 saturated carbocycles. The van der Waals surface area contributed by atoms with Crippen LogP contribution in [0.15, 0.2) is 22.7 Å². The molecule has 0 bridgehead atoms. The van der Waals surface area contributed by atoms with Gasteiger partial charge in [0, 0.05) is 19.2 Å². The van der Waals surface area contributed by atoms with E-state index in [-0.39, 0.29) is 5.75 Å². The lowest BCUT2D eigenvalue weighted by atomic mass is 10.0. The van der Waals surface area contributed by atoms with Crippen molar-refractivity contribution in [3.8, 4) is 5.75 Å². The Kier molecular flexibility index (Phi) is 4.42. The van der Waals surface area contributed by atoms with Crippen molar-refractivity contribution in [1.82, 2.24) is 5.32 Å². The molecule has 1 aliphatic rings. The molecule has 3 nitrogen and oxygen atoms in total. The number of ether oxygens (including phenoxy) is 1. The van der Waals surface area contributed by atoms with Crippen molar-refractivity contribution in [3.63, 3.8) is 0 Å². The Bertz CT molecular complexity index is 378. The van der Waals surface area contributed by atoms with Crippen molar-refractivity contribution in [1.29, 1.82) is 0 Å².